The van der Waals surface area contributed by atoms with Crippen LogP contribution in [0.25, 0.3) is 0 Å². The number of para-hydroxylation sites is 1. The van der Waals surface area contributed by atoms with E-state index in [1.807, 2.05) is 44.2 Å². The molecule has 1 aromatic carbocycles. The number of benzene rings is 1. The molecule has 0 bridgehead atoms. The summed E-state index contributed by atoms with van der Waals surface area (Å²) < 4.78 is 5.47. The minimum absolute atomic E-state index is 0.0631. The largest absolute Gasteiger partial charge is 0.502 e. The molecule has 21 heavy (non-hydrogen) atoms. The molecule has 2 aromatic rings. The van der Waals surface area contributed by atoms with E-state index in [0.717, 1.165) is 11.8 Å². The van der Waals surface area contributed by atoms with Gasteiger partial charge in [-0.1, -0.05) is 32.0 Å². The summed E-state index contributed by atoms with van der Waals surface area (Å²) in [7, 11) is 0. The SMILES string of the molecule is CC(C)C(Nc1ccccc1)c1oc(CO)cc(=O)c1O. The first kappa shape index (κ1) is 15.1. The summed E-state index contributed by atoms with van der Waals surface area (Å²) in [4.78, 5) is 11.8. The molecule has 5 nitrogen and oxygen atoms in total. The van der Waals surface area contributed by atoms with Crippen molar-refractivity contribution in [2.75, 3.05) is 5.32 Å². The fraction of sp³-hybridized carbons (Fsp3) is 0.312. The van der Waals surface area contributed by atoms with Crippen LogP contribution in [0.1, 0.15) is 31.4 Å². The first-order valence-electron chi connectivity index (χ1n) is 6.81. The third-order valence-electron chi connectivity index (χ3n) is 3.20. The average molecular weight is 289 g/mol. The normalized spacial score (nSPS) is 12.4. The summed E-state index contributed by atoms with van der Waals surface area (Å²) in [6, 6.07) is 10.2. The van der Waals surface area contributed by atoms with Crippen LogP contribution >= 0.6 is 0 Å². The second-order valence-corrected chi connectivity index (χ2v) is 5.18. The highest BCUT2D eigenvalue weighted by molar-refractivity contribution is 5.45. The average Bonchev–Trinajstić information content (AvgIpc) is 2.48. The van der Waals surface area contributed by atoms with Crippen molar-refractivity contribution in [3.05, 3.63) is 58.1 Å². The lowest BCUT2D eigenvalue weighted by atomic mass is 10.00. The molecular weight excluding hydrogens is 270 g/mol. The van der Waals surface area contributed by atoms with E-state index in [1.165, 1.54) is 0 Å². The molecule has 1 unspecified atom stereocenters. The van der Waals surface area contributed by atoms with E-state index in [2.05, 4.69) is 5.32 Å². The van der Waals surface area contributed by atoms with Crippen LogP contribution < -0.4 is 10.7 Å². The second-order valence-electron chi connectivity index (χ2n) is 5.18. The Bertz CT molecular complexity index is 649. The first-order chi connectivity index (χ1) is 10.0. The smallest absolute Gasteiger partial charge is 0.227 e. The molecule has 2 rings (SSSR count). The molecule has 0 aliphatic rings. The maximum absolute atomic E-state index is 11.8. The Labute approximate surface area is 122 Å². The monoisotopic (exact) mass is 289 g/mol. The van der Waals surface area contributed by atoms with E-state index >= 15 is 0 Å². The van der Waals surface area contributed by atoms with Crippen LogP contribution in [0.15, 0.2) is 45.6 Å². The third-order valence-corrected chi connectivity index (χ3v) is 3.20. The van der Waals surface area contributed by atoms with E-state index in [0.29, 0.717) is 0 Å². The standard InChI is InChI=1S/C16H19NO4/c1-10(2)14(17-11-6-4-3-5-7-11)16-15(20)13(19)8-12(9-18)21-16/h3-8,10,14,17-18,20H,9H2,1-2H3. The first-order valence-corrected chi connectivity index (χ1v) is 6.81. The van der Waals surface area contributed by atoms with Crippen molar-refractivity contribution in [3.63, 3.8) is 0 Å². The predicted molar refractivity (Wildman–Crippen MR) is 80.2 cm³/mol. The Balaban J connectivity index is 2.43. The van der Waals surface area contributed by atoms with Gasteiger partial charge in [-0.3, -0.25) is 4.79 Å². The second kappa shape index (κ2) is 6.45. The topological polar surface area (TPSA) is 82.7 Å². The molecule has 0 spiro atoms. The molecule has 0 fully saturated rings. The lowest BCUT2D eigenvalue weighted by molar-refractivity contribution is 0.230. The van der Waals surface area contributed by atoms with Gasteiger partial charge in [0.15, 0.2) is 5.76 Å². The van der Waals surface area contributed by atoms with Crippen molar-refractivity contribution in [2.45, 2.75) is 26.5 Å². The van der Waals surface area contributed by atoms with Gasteiger partial charge in [0.1, 0.15) is 12.4 Å². The Morgan fingerprint density at radius 3 is 2.48 bits per heavy atom. The number of hydrogen-bond donors (Lipinski definition) is 3. The molecule has 5 heteroatoms. The van der Waals surface area contributed by atoms with Crippen LogP contribution in [0.3, 0.4) is 0 Å². The molecule has 0 amide bonds. The van der Waals surface area contributed by atoms with Gasteiger partial charge in [0.05, 0.1) is 6.04 Å². The van der Waals surface area contributed by atoms with E-state index in [4.69, 9.17) is 9.52 Å². The van der Waals surface area contributed by atoms with E-state index in [9.17, 15) is 9.90 Å². The van der Waals surface area contributed by atoms with Gasteiger partial charge in [-0.15, -0.1) is 0 Å². The molecule has 112 valence electrons. The fourth-order valence-electron chi connectivity index (χ4n) is 2.09. The molecule has 0 saturated heterocycles. The number of nitrogens with one attached hydrogen (secondary N) is 1. The third kappa shape index (κ3) is 3.44. The van der Waals surface area contributed by atoms with Gasteiger partial charge in [-0.05, 0) is 18.1 Å². The summed E-state index contributed by atoms with van der Waals surface area (Å²) in [5.74, 6) is -0.0822. The zero-order valence-electron chi connectivity index (χ0n) is 12.0. The molecule has 0 aliphatic carbocycles. The van der Waals surface area contributed by atoms with Gasteiger partial charge in [-0.25, -0.2) is 0 Å². The summed E-state index contributed by atoms with van der Waals surface area (Å²) in [5.41, 5.74) is 0.300. The van der Waals surface area contributed by atoms with Gasteiger partial charge in [0.2, 0.25) is 11.2 Å². The van der Waals surface area contributed by atoms with E-state index < -0.39 is 17.8 Å². The summed E-state index contributed by atoms with van der Waals surface area (Å²) in [6.45, 7) is 3.51. The number of rotatable bonds is 5. The highest BCUT2D eigenvalue weighted by Crippen LogP contribution is 2.31. The van der Waals surface area contributed by atoms with Gasteiger partial charge in [0, 0.05) is 11.8 Å². The highest BCUT2D eigenvalue weighted by Gasteiger charge is 2.24. The number of aliphatic hydroxyl groups excluding tert-OH is 1. The number of anilines is 1. The maximum atomic E-state index is 11.8. The summed E-state index contributed by atoms with van der Waals surface area (Å²) in [6.07, 6.45) is 0. The van der Waals surface area contributed by atoms with Gasteiger partial charge >= 0.3 is 0 Å². The van der Waals surface area contributed by atoms with Crippen molar-refractivity contribution in [1.29, 1.82) is 0 Å². The van der Waals surface area contributed by atoms with E-state index in [-0.39, 0.29) is 23.5 Å². The van der Waals surface area contributed by atoms with Gasteiger partial charge < -0.3 is 19.9 Å². The highest BCUT2D eigenvalue weighted by atomic mass is 16.4. The van der Waals surface area contributed by atoms with Crippen LogP contribution in [0.2, 0.25) is 0 Å². The Morgan fingerprint density at radius 1 is 1.24 bits per heavy atom. The molecule has 1 heterocycles. The van der Waals surface area contributed by atoms with Crippen LogP contribution in [0, 0.1) is 5.92 Å². The van der Waals surface area contributed by atoms with Crippen LogP contribution in [-0.2, 0) is 6.61 Å². The Morgan fingerprint density at radius 2 is 1.90 bits per heavy atom. The Hall–Kier alpha value is -2.27. The van der Waals surface area contributed by atoms with Crippen molar-refractivity contribution in [2.24, 2.45) is 5.92 Å². The molecule has 0 saturated carbocycles. The zero-order valence-corrected chi connectivity index (χ0v) is 12.0. The maximum Gasteiger partial charge on any atom is 0.227 e. The molecule has 1 atom stereocenters. The zero-order chi connectivity index (χ0) is 15.4. The lowest BCUT2D eigenvalue weighted by Gasteiger charge is -2.23. The molecule has 0 radical (unpaired) electrons. The summed E-state index contributed by atoms with van der Waals surface area (Å²) >= 11 is 0. The van der Waals surface area contributed by atoms with Crippen molar-refractivity contribution in [1.82, 2.24) is 0 Å². The number of aliphatic hydroxyl groups is 1. The van der Waals surface area contributed by atoms with Crippen LogP contribution in [0.4, 0.5) is 5.69 Å². The van der Waals surface area contributed by atoms with Crippen molar-refractivity contribution in [3.8, 4) is 5.75 Å². The van der Waals surface area contributed by atoms with Crippen molar-refractivity contribution < 1.29 is 14.6 Å². The van der Waals surface area contributed by atoms with Gasteiger partial charge in [-0.2, -0.15) is 0 Å². The number of hydrogen-bond acceptors (Lipinski definition) is 5. The number of aromatic hydroxyl groups is 1. The quantitative estimate of drug-likeness (QED) is 0.788. The molecule has 1 aromatic heterocycles. The molecular formula is C16H19NO4. The molecule has 3 N–H and O–H groups in total. The lowest BCUT2D eigenvalue weighted by Crippen LogP contribution is -2.19. The Kier molecular flexibility index (Phi) is 4.65. The fourth-order valence-corrected chi connectivity index (χ4v) is 2.09. The molecule has 0 aliphatic heterocycles. The minimum Gasteiger partial charge on any atom is -0.502 e. The summed E-state index contributed by atoms with van der Waals surface area (Å²) in [5, 5.41) is 22.4. The van der Waals surface area contributed by atoms with Gasteiger partial charge in [0.25, 0.3) is 0 Å². The van der Waals surface area contributed by atoms with Crippen molar-refractivity contribution >= 4 is 5.69 Å². The van der Waals surface area contributed by atoms with Crippen LogP contribution in [0.5, 0.6) is 5.75 Å². The predicted octanol–water partition coefficient (Wildman–Crippen LogP) is 2.65. The van der Waals surface area contributed by atoms with E-state index in [1.54, 1.807) is 0 Å². The minimum atomic E-state index is -0.555. The van der Waals surface area contributed by atoms with Crippen LogP contribution in [-0.4, -0.2) is 10.2 Å².